The molecule has 0 spiro atoms. The summed E-state index contributed by atoms with van der Waals surface area (Å²) in [6.07, 6.45) is 0. The molecule has 10 nitrogen and oxygen atoms in total. The van der Waals surface area contributed by atoms with Crippen LogP contribution in [-0.2, 0) is 9.59 Å². The zero-order valence-electron chi connectivity index (χ0n) is 21.4. The Labute approximate surface area is 224 Å². The first-order valence-electron chi connectivity index (χ1n) is 12.1. The number of carbonyl (C=O) groups excluding carboxylic acids is 2. The van der Waals surface area contributed by atoms with Crippen LogP contribution in [0, 0.1) is 21.4 Å². The molecule has 0 radical (unpaired) electrons. The minimum absolute atomic E-state index is 0.0101. The molecule has 0 aliphatic carbocycles. The minimum atomic E-state index is -1.26. The second-order valence-corrected chi connectivity index (χ2v) is 9.17. The number of phenolic OH excluding ortho intramolecular Hbond substituents is 1. The van der Waals surface area contributed by atoms with Crippen LogP contribution in [0.25, 0.3) is 5.76 Å². The number of anilines is 1. The first kappa shape index (κ1) is 26.9. The standard InChI is InChI=1S/C29H25N3O7/c1-4-39-24-12-8-19(13-21(24)16(2)3)27(34)25-26(18-7-11-23(33)22(14-18)32(37)38)31(29(36)28(25)35)20-9-5-17(15-30)6-10-20/h5-14,16,26,33-34H,4H2,1-3H3/b27-25-. The first-order chi connectivity index (χ1) is 18.6. The molecule has 2 N–H and O–H groups in total. The second-order valence-electron chi connectivity index (χ2n) is 9.17. The normalized spacial score (nSPS) is 16.4. The molecule has 0 aromatic heterocycles. The van der Waals surface area contributed by atoms with Gasteiger partial charge in [0.05, 0.1) is 34.8 Å². The number of rotatable bonds is 7. The number of aliphatic hydroxyl groups excluding tert-OH is 1. The number of benzene rings is 3. The average molecular weight is 528 g/mol. The number of hydrogen-bond acceptors (Lipinski definition) is 8. The molecule has 0 bridgehead atoms. The molecular weight excluding hydrogens is 502 g/mol. The van der Waals surface area contributed by atoms with Crippen LogP contribution in [0.15, 0.2) is 66.2 Å². The zero-order chi connectivity index (χ0) is 28.4. The number of ether oxygens (including phenoxy) is 1. The lowest BCUT2D eigenvalue weighted by Crippen LogP contribution is -2.29. The van der Waals surface area contributed by atoms with Crippen LogP contribution in [0.1, 0.15) is 55.0 Å². The number of amides is 1. The van der Waals surface area contributed by atoms with Crippen LogP contribution < -0.4 is 9.64 Å². The van der Waals surface area contributed by atoms with Crippen LogP contribution in [0.4, 0.5) is 11.4 Å². The van der Waals surface area contributed by atoms with E-state index in [2.05, 4.69) is 0 Å². The number of carbonyl (C=O) groups is 2. The first-order valence-corrected chi connectivity index (χ1v) is 12.1. The van der Waals surface area contributed by atoms with Crippen molar-refractivity contribution in [3.8, 4) is 17.6 Å². The fraction of sp³-hybridized carbons (Fsp3) is 0.207. The highest BCUT2D eigenvalue weighted by molar-refractivity contribution is 6.51. The highest BCUT2D eigenvalue weighted by Gasteiger charge is 2.47. The Hall–Kier alpha value is -5.17. The number of nitro groups is 1. The van der Waals surface area contributed by atoms with Crippen LogP contribution in [0.2, 0.25) is 0 Å². The lowest BCUT2D eigenvalue weighted by molar-refractivity contribution is -0.385. The monoisotopic (exact) mass is 527 g/mol. The lowest BCUT2D eigenvalue weighted by Gasteiger charge is -2.25. The summed E-state index contributed by atoms with van der Waals surface area (Å²) in [6, 6.07) is 15.0. The number of hydrogen-bond donors (Lipinski definition) is 2. The topological polar surface area (TPSA) is 154 Å². The number of nitrogens with zero attached hydrogens (tertiary/aromatic N) is 3. The molecule has 4 rings (SSSR count). The molecule has 0 saturated carbocycles. The third kappa shape index (κ3) is 4.90. The Morgan fingerprint density at radius 2 is 1.82 bits per heavy atom. The predicted molar refractivity (Wildman–Crippen MR) is 142 cm³/mol. The van der Waals surface area contributed by atoms with Gasteiger partial charge < -0.3 is 14.9 Å². The van der Waals surface area contributed by atoms with Gasteiger partial charge in [0, 0.05) is 17.3 Å². The molecule has 3 aromatic rings. The highest BCUT2D eigenvalue weighted by Crippen LogP contribution is 2.44. The Kier molecular flexibility index (Phi) is 7.36. The van der Waals surface area contributed by atoms with Gasteiger partial charge in [0.25, 0.3) is 11.7 Å². The fourth-order valence-corrected chi connectivity index (χ4v) is 4.56. The van der Waals surface area contributed by atoms with Gasteiger partial charge in [0.15, 0.2) is 5.75 Å². The van der Waals surface area contributed by atoms with Crippen LogP contribution in [-0.4, -0.2) is 33.4 Å². The van der Waals surface area contributed by atoms with Crippen molar-refractivity contribution in [2.45, 2.75) is 32.7 Å². The number of aliphatic hydroxyl groups is 1. The SMILES string of the molecule is CCOc1ccc(/C(O)=C2/C(=O)C(=O)N(c3ccc(C#N)cc3)C2c2ccc(O)c([N+](=O)[O-])c2)cc1C(C)C. The molecule has 3 aromatic carbocycles. The van der Waals surface area contributed by atoms with Crippen molar-refractivity contribution >= 4 is 28.8 Å². The van der Waals surface area contributed by atoms with Gasteiger partial charge in [-0.2, -0.15) is 5.26 Å². The lowest BCUT2D eigenvalue weighted by atomic mass is 9.92. The Balaban J connectivity index is 1.98. The van der Waals surface area contributed by atoms with Crippen molar-refractivity contribution in [2.24, 2.45) is 0 Å². The number of Topliss-reactive ketones (excluding diaryl/α,β-unsaturated/α-hetero) is 1. The fourth-order valence-electron chi connectivity index (χ4n) is 4.56. The van der Waals surface area contributed by atoms with Gasteiger partial charge in [-0.3, -0.25) is 24.6 Å². The highest BCUT2D eigenvalue weighted by atomic mass is 16.6. The maximum atomic E-state index is 13.4. The quantitative estimate of drug-likeness (QED) is 0.138. The summed E-state index contributed by atoms with van der Waals surface area (Å²) >= 11 is 0. The third-order valence-electron chi connectivity index (χ3n) is 6.44. The summed E-state index contributed by atoms with van der Waals surface area (Å²) in [7, 11) is 0. The van der Waals surface area contributed by atoms with E-state index in [1.807, 2.05) is 26.8 Å². The molecule has 39 heavy (non-hydrogen) atoms. The second kappa shape index (κ2) is 10.7. The molecule has 1 aliphatic rings. The van der Waals surface area contributed by atoms with Crippen LogP contribution in [0.3, 0.4) is 0 Å². The molecule has 1 fully saturated rings. The van der Waals surface area contributed by atoms with Crippen molar-refractivity contribution in [3.05, 3.63) is 98.6 Å². The van der Waals surface area contributed by atoms with E-state index in [9.17, 15) is 29.9 Å². The number of nitriles is 1. The molecular formula is C29H25N3O7. The van der Waals surface area contributed by atoms with Crippen molar-refractivity contribution < 1.29 is 29.5 Å². The van der Waals surface area contributed by atoms with E-state index in [-0.39, 0.29) is 28.3 Å². The van der Waals surface area contributed by atoms with E-state index >= 15 is 0 Å². The van der Waals surface area contributed by atoms with Crippen molar-refractivity contribution in [1.82, 2.24) is 0 Å². The third-order valence-corrected chi connectivity index (χ3v) is 6.44. The summed E-state index contributed by atoms with van der Waals surface area (Å²) in [4.78, 5) is 38.7. The van der Waals surface area contributed by atoms with Gasteiger partial charge in [0.2, 0.25) is 0 Å². The Morgan fingerprint density at radius 3 is 2.41 bits per heavy atom. The van der Waals surface area contributed by atoms with E-state index in [1.54, 1.807) is 18.2 Å². The van der Waals surface area contributed by atoms with Gasteiger partial charge in [-0.15, -0.1) is 0 Å². The molecule has 1 unspecified atom stereocenters. The number of ketones is 1. The molecule has 10 heteroatoms. The van der Waals surface area contributed by atoms with Gasteiger partial charge in [-0.1, -0.05) is 19.9 Å². The predicted octanol–water partition coefficient (Wildman–Crippen LogP) is 5.32. The summed E-state index contributed by atoms with van der Waals surface area (Å²) in [5, 5.41) is 42.2. The van der Waals surface area contributed by atoms with Crippen LogP contribution >= 0.6 is 0 Å². The van der Waals surface area contributed by atoms with Gasteiger partial charge in [-0.05, 0) is 72.5 Å². The molecule has 1 aliphatic heterocycles. The van der Waals surface area contributed by atoms with E-state index in [1.165, 1.54) is 30.3 Å². The number of phenols is 1. The van der Waals surface area contributed by atoms with E-state index in [4.69, 9.17) is 10.00 Å². The van der Waals surface area contributed by atoms with Gasteiger partial charge in [-0.25, -0.2) is 0 Å². The molecule has 1 amide bonds. The number of nitro benzene ring substituents is 1. The summed E-state index contributed by atoms with van der Waals surface area (Å²) in [6.45, 7) is 6.17. The maximum absolute atomic E-state index is 13.4. The van der Waals surface area contributed by atoms with E-state index < -0.39 is 39.9 Å². The van der Waals surface area contributed by atoms with Crippen molar-refractivity contribution in [1.29, 1.82) is 5.26 Å². The van der Waals surface area contributed by atoms with E-state index in [0.717, 1.165) is 22.6 Å². The molecule has 198 valence electrons. The van der Waals surface area contributed by atoms with Crippen molar-refractivity contribution in [3.63, 3.8) is 0 Å². The van der Waals surface area contributed by atoms with Gasteiger partial charge >= 0.3 is 5.69 Å². The minimum Gasteiger partial charge on any atom is -0.507 e. The summed E-state index contributed by atoms with van der Waals surface area (Å²) in [5.74, 6) is -2.37. The Bertz CT molecular complexity index is 1550. The summed E-state index contributed by atoms with van der Waals surface area (Å²) < 4.78 is 5.69. The van der Waals surface area contributed by atoms with Crippen LogP contribution in [0.5, 0.6) is 11.5 Å². The molecule has 1 atom stereocenters. The smallest absolute Gasteiger partial charge is 0.311 e. The zero-order valence-corrected chi connectivity index (χ0v) is 21.4. The van der Waals surface area contributed by atoms with Gasteiger partial charge in [0.1, 0.15) is 11.5 Å². The Morgan fingerprint density at radius 1 is 1.13 bits per heavy atom. The largest absolute Gasteiger partial charge is 0.507 e. The maximum Gasteiger partial charge on any atom is 0.311 e. The summed E-state index contributed by atoms with van der Waals surface area (Å²) in [5.41, 5.74) is 0.828. The van der Waals surface area contributed by atoms with Crippen molar-refractivity contribution in [2.75, 3.05) is 11.5 Å². The van der Waals surface area contributed by atoms with E-state index in [0.29, 0.717) is 17.9 Å². The molecule has 1 saturated heterocycles. The average Bonchev–Trinajstić information content (AvgIpc) is 3.18. The molecule has 1 heterocycles. The number of aromatic hydroxyl groups is 1.